The number of nitrogens with zero attached hydrogens (tertiary/aromatic N) is 1. The highest BCUT2D eigenvalue weighted by molar-refractivity contribution is 6.31. The summed E-state index contributed by atoms with van der Waals surface area (Å²) >= 11 is 6.18. The van der Waals surface area contributed by atoms with Crippen LogP contribution in [0.3, 0.4) is 0 Å². The molecule has 0 saturated carbocycles. The average Bonchev–Trinajstić information content (AvgIpc) is 3.13. The van der Waals surface area contributed by atoms with E-state index in [2.05, 4.69) is 28.9 Å². The molecule has 30 heavy (non-hydrogen) atoms. The maximum atomic E-state index is 11.3. The smallest absolute Gasteiger partial charge is 0.339 e. The normalized spacial score (nSPS) is 13.7. The van der Waals surface area contributed by atoms with Gasteiger partial charge in [-0.25, -0.2) is 4.79 Å². The van der Waals surface area contributed by atoms with E-state index in [1.165, 1.54) is 12.1 Å². The Morgan fingerprint density at radius 1 is 0.967 bits per heavy atom. The molecule has 2 N–H and O–H groups in total. The molecule has 0 fully saturated rings. The zero-order valence-corrected chi connectivity index (χ0v) is 16.7. The first-order valence-electron chi connectivity index (χ1n) is 9.70. The predicted molar refractivity (Wildman–Crippen MR) is 121 cm³/mol. The summed E-state index contributed by atoms with van der Waals surface area (Å²) in [6, 6.07) is 16.7. The highest BCUT2D eigenvalue weighted by Crippen LogP contribution is 2.36. The molecule has 1 aromatic heterocycles. The van der Waals surface area contributed by atoms with Gasteiger partial charge in [-0.1, -0.05) is 42.0 Å². The maximum absolute atomic E-state index is 11.3. The van der Waals surface area contributed by atoms with E-state index in [0.717, 1.165) is 45.8 Å². The topological polar surface area (TPSA) is 62.5 Å². The largest absolute Gasteiger partial charge is 0.507 e. The molecular formula is C25H18ClNO3. The fourth-order valence-electron chi connectivity index (χ4n) is 4.12. The number of aromatic hydroxyl groups is 1. The van der Waals surface area contributed by atoms with Crippen LogP contribution in [0.2, 0.25) is 5.02 Å². The molecule has 4 aromatic rings. The van der Waals surface area contributed by atoms with E-state index in [-0.39, 0.29) is 11.3 Å². The monoisotopic (exact) mass is 415 g/mol. The standard InChI is InChI=1S/C25H18ClNO3/c26-17-7-9-19-16(12-17)6-11-22-21(19)14-23(15-4-2-1-3-5-15)27(22)18-8-10-20(25(29)30)24(28)13-18/h2,4-14,28H,1,3H2,(H,29,30). The van der Waals surface area contributed by atoms with Crippen molar-refractivity contribution in [2.45, 2.75) is 12.8 Å². The number of aromatic carboxylic acids is 1. The zero-order valence-electron chi connectivity index (χ0n) is 16.0. The summed E-state index contributed by atoms with van der Waals surface area (Å²) in [5.41, 5.74) is 3.65. The van der Waals surface area contributed by atoms with E-state index in [1.54, 1.807) is 6.07 Å². The third-order valence-corrected chi connectivity index (χ3v) is 5.76. The molecule has 0 amide bonds. The third-order valence-electron chi connectivity index (χ3n) is 5.52. The first-order valence-corrected chi connectivity index (χ1v) is 10.1. The predicted octanol–water partition coefficient (Wildman–Crippen LogP) is 6.57. The zero-order chi connectivity index (χ0) is 20.8. The number of hydrogen-bond acceptors (Lipinski definition) is 2. The molecule has 0 saturated heterocycles. The van der Waals surface area contributed by atoms with Crippen LogP contribution in [-0.2, 0) is 0 Å². The second-order valence-corrected chi connectivity index (χ2v) is 7.81. The fraction of sp³-hybridized carbons (Fsp3) is 0.0800. The number of allylic oxidation sites excluding steroid dienone is 4. The van der Waals surface area contributed by atoms with Crippen molar-refractivity contribution in [3.8, 4) is 11.4 Å². The van der Waals surface area contributed by atoms with Gasteiger partial charge in [-0.05, 0) is 65.6 Å². The van der Waals surface area contributed by atoms with Crippen LogP contribution in [-0.4, -0.2) is 20.7 Å². The van der Waals surface area contributed by atoms with Crippen LogP contribution in [0.1, 0.15) is 28.9 Å². The molecule has 5 rings (SSSR count). The summed E-state index contributed by atoms with van der Waals surface area (Å²) in [5, 5.41) is 23.5. The fourth-order valence-corrected chi connectivity index (χ4v) is 4.31. The minimum atomic E-state index is -1.16. The highest BCUT2D eigenvalue weighted by Gasteiger charge is 2.18. The number of carbonyl (C=O) groups is 1. The summed E-state index contributed by atoms with van der Waals surface area (Å²) in [4.78, 5) is 11.3. The van der Waals surface area contributed by atoms with Crippen molar-refractivity contribution < 1.29 is 15.0 Å². The molecule has 148 valence electrons. The van der Waals surface area contributed by atoms with Gasteiger partial charge in [-0.3, -0.25) is 0 Å². The molecule has 0 spiro atoms. The van der Waals surface area contributed by atoms with Crippen LogP contribution in [0.25, 0.3) is 32.9 Å². The van der Waals surface area contributed by atoms with Crippen LogP contribution in [0.15, 0.2) is 72.8 Å². The maximum Gasteiger partial charge on any atom is 0.339 e. The quantitative estimate of drug-likeness (QED) is 0.397. The van der Waals surface area contributed by atoms with Crippen LogP contribution in [0.5, 0.6) is 5.75 Å². The molecule has 0 atom stereocenters. The van der Waals surface area contributed by atoms with Crippen molar-refractivity contribution in [1.82, 2.24) is 4.57 Å². The van der Waals surface area contributed by atoms with Gasteiger partial charge in [-0.15, -0.1) is 0 Å². The van der Waals surface area contributed by atoms with Crippen molar-refractivity contribution in [3.05, 3.63) is 89.1 Å². The number of rotatable bonds is 3. The Morgan fingerprint density at radius 2 is 1.83 bits per heavy atom. The summed E-state index contributed by atoms with van der Waals surface area (Å²) in [6.07, 6.45) is 8.44. The first-order chi connectivity index (χ1) is 14.5. The minimum Gasteiger partial charge on any atom is -0.507 e. The van der Waals surface area contributed by atoms with Crippen molar-refractivity contribution in [3.63, 3.8) is 0 Å². The molecule has 1 heterocycles. The number of halogens is 1. The highest BCUT2D eigenvalue weighted by atomic mass is 35.5. The van der Waals surface area contributed by atoms with Crippen molar-refractivity contribution in [2.75, 3.05) is 0 Å². The summed E-state index contributed by atoms with van der Waals surface area (Å²) in [6.45, 7) is 0. The number of benzene rings is 3. The van der Waals surface area contributed by atoms with Crippen molar-refractivity contribution in [2.24, 2.45) is 0 Å². The summed E-state index contributed by atoms with van der Waals surface area (Å²) in [7, 11) is 0. The van der Waals surface area contributed by atoms with Crippen molar-refractivity contribution in [1.29, 1.82) is 0 Å². The molecule has 3 aromatic carbocycles. The molecule has 1 aliphatic carbocycles. The SMILES string of the molecule is O=C(O)c1ccc(-n2c(C3=CCCC=C3)cc3c4ccc(Cl)cc4ccc32)cc1O. The molecule has 0 aliphatic heterocycles. The molecule has 4 nitrogen and oxygen atoms in total. The molecule has 0 bridgehead atoms. The molecule has 1 aliphatic rings. The molecule has 0 radical (unpaired) electrons. The Morgan fingerprint density at radius 3 is 2.57 bits per heavy atom. The Labute approximate surface area is 177 Å². The number of carboxylic acid groups (broad SMARTS) is 1. The molecular weight excluding hydrogens is 398 g/mol. The molecule has 5 heteroatoms. The Kier molecular flexibility index (Phi) is 4.37. The molecule has 0 unspecified atom stereocenters. The van der Waals surface area contributed by atoms with Gasteiger partial charge in [0, 0.05) is 22.2 Å². The van der Waals surface area contributed by atoms with E-state index in [4.69, 9.17) is 11.6 Å². The summed E-state index contributed by atoms with van der Waals surface area (Å²) < 4.78 is 2.07. The lowest BCUT2D eigenvalue weighted by molar-refractivity contribution is 0.0694. The van der Waals surface area contributed by atoms with E-state index >= 15 is 0 Å². The van der Waals surface area contributed by atoms with Gasteiger partial charge >= 0.3 is 5.97 Å². The van der Waals surface area contributed by atoms with Crippen molar-refractivity contribution >= 4 is 44.8 Å². The van der Waals surface area contributed by atoms with E-state index in [0.29, 0.717) is 10.7 Å². The van der Waals surface area contributed by atoms with E-state index < -0.39 is 5.97 Å². The average molecular weight is 416 g/mol. The lowest BCUT2D eigenvalue weighted by Crippen LogP contribution is -2.02. The Balaban J connectivity index is 1.84. The van der Waals surface area contributed by atoms with Gasteiger partial charge in [0.15, 0.2) is 0 Å². The van der Waals surface area contributed by atoms with Crippen LogP contribution in [0, 0.1) is 0 Å². The lowest BCUT2D eigenvalue weighted by Gasteiger charge is -2.14. The number of phenols is 1. The number of carboxylic acids is 1. The lowest BCUT2D eigenvalue weighted by atomic mass is 10.0. The minimum absolute atomic E-state index is 0.117. The van der Waals surface area contributed by atoms with E-state index in [9.17, 15) is 15.0 Å². The van der Waals surface area contributed by atoms with Crippen LogP contribution >= 0.6 is 11.6 Å². The Bertz CT molecular complexity index is 1390. The number of fused-ring (bicyclic) bond motifs is 3. The number of aromatic nitrogens is 1. The number of hydrogen-bond donors (Lipinski definition) is 2. The second kappa shape index (κ2) is 7.08. The van der Waals surface area contributed by atoms with Crippen LogP contribution < -0.4 is 0 Å². The first kappa shape index (κ1) is 18.5. The van der Waals surface area contributed by atoms with E-state index in [1.807, 2.05) is 30.3 Å². The van der Waals surface area contributed by atoms with Crippen LogP contribution in [0.4, 0.5) is 0 Å². The Hall–Kier alpha value is -3.50. The van der Waals surface area contributed by atoms with Gasteiger partial charge in [-0.2, -0.15) is 0 Å². The summed E-state index contributed by atoms with van der Waals surface area (Å²) in [5.74, 6) is -1.41. The second-order valence-electron chi connectivity index (χ2n) is 7.37. The van der Waals surface area contributed by atoms with Gasteiger partial charge < -0.3 is 14.8 Å². The van der Waals surface area contributed by atoms with Gasteiger partial charge in [0.2, 0.25) is 0 Å². The van der Waals surface area contributed by atoms with Gasteiger partial charge in [0.05, 0.1) is 11.2 Å². The third kappa shape index (κ3) is 2.97. The van der Waals surface area contributed by atoms with Gasteiger partial charge in [0.25, 0.3) is 0 Å². The van der Waals surface area contributed by atoms with Gasteiger partial charge in [0.1, 0.15) is 11.3 Å².